The fraction of sp³-hybridized carbons (Fsp3) is 0.409. The van der Waals surface area contributed by atoms with E-state index in [1.54, 1.807) is 4.90 Å². The number of carbonyl (C=O) groups is 1. The topological polar surface area (TPSA) is 52.6 Å². The van der Waals surface area contributed by atoms with E-state index in [1.165, 1.54) is 11.6 Å². The Morgan fingerprint density at radius 2 is 1.86 bits per heavy atom. The van der Waals surface area contributed by atoms with Crippen molar-refractivity contribution >= 4 is 5.91 Å². The van der Waals surface area contributed by atoms with E-state index in [1.807, 2.05) is 18.2 Å². The minimum atomic E-state index is -1.45. The Balaban J connectivity index is 1.49. The first-order valence-electron chi connectivity index (χ1n) is 9.68. The number of halogens is 2. The zero-order valence-electron chi connectivity index (χ0n) is 15.8. The van der Waals surface area contributed by atoms with Gasteiger partial charge in [-0.2, -0.15) is 0 Å². The maximum atomic E-state index is 13.3. The molecule has 3 rings (SSSR count). The lowest BCUT2D eigenvalue weighted by molar-refractivity contribution is -0.156. The van der Waals surface area contributed by atoms with Crippen LogP contribution < -0.4 is 5.32 Å². The summed E-state index contributed by atoms with van der Waals surface area (Å²) >= 11 is 0. The van der Waals surface area contributed by atoms with Crippen molar-refractivity contribution in [2.24, 2.45) is 0 Å². The minimum Gasteiger partial charge on any atom is -0.379 e. The first-order chi connectivity index (χ1) is 13.5. The summed E-state index contributed by atoms with van der Waals surface area (Å²) in [5, 5.41) is 13.8. The number of nitrogens with zero attached hydrogens (tertiary/aromatic N) is 1. The van der Waals surface area contributed by atoms with Crippen molar-refractivity contribution in [3.05, 3.63) is 71.3 Å². The van der Waals surface area contributed by atoms with Crippen molar-refractivity contribution in [3.63, 3.8) is 0 Å². The number of piperidine rings is 1. The summed E-state index contributed by atoms with van der Waals surface area (Å²) in [6, 6.07) is 13.8. The molecule has 0 aromatic heterocycles. The molecule has 1 aliphatic heterocycles. The highest BCUT2D eigenvalue weighted by atomic mass is 19.2. The molecule has 1 atom stereocenters. The van der Waals surface area contributed by atoms with Crippen molar-refractivity contribution in [1.82, 2.24) is 10.2 Å². The Hall–Kier alpha value is -2.31. The van der Waals surface area contributed by atoms with Crippen LogP contribution in [0.3, 0.4) is 0 Å². The molecule has 2 aromatic rings. The number of aliphatic hydroxyl groups is 1. The summed E-state index contributed by atoms with van der Waals surface area (Å²) in [4.78, 5) is 14.5. The number of carbonyl (C=O) groups excluding carboxylic acids is 1. The second kappa shape index (κ2) is 9.26. The molecule has 2 aromatic carbocycles. The molecular weight excluding hydrogens is 362 g/mol. The predicted molar refractivity (Wildman–Crippen MR) is 104 cm³/mol. The third-order valence-electron chi connectivity index (χ3n) is 5.17. The van der Waals surface area contributed by atoms with E-state index < -0.39 is 17.2 Å². The van der Waals surface area contributed by atoms with Crippen molar-refractivity contribution < 1.29 is 18.7 Å². The van der Waals surface area contributed by atoms with Crippen molar-refractivity contribution in [2.45, 2.75) is 37.8 Å². The van der Waals surface area contributed by atoms with E-state index in [2.05, 4.69) is 17.4 Å². The van der Waals surface area contributed by atoms with Gasteiger partial charge >= 0.3 is 0 Å². The molecule has 1 heterocycles. The quantitative estimate of drug-likeness (QED) is 0.731. The van der Waals surface area contributed by atoms with Crippen LogP contribution in [-0.4, -0.2) is 41.1 Å². The number of benzene rings is 2. The molecular formula is C22H26F2N2O2. The monoisotopic (exact) mass is 388 g/mol. The van der Waals surface area contributed by atoms with Gasteiger partial charge in [0.1, 0.15) is 0 Å². The van der Waals surface area contributed by atoms with Crippen LogP contribution in [0.25, 0.3) is 0 Å². The van der Waals surface area contributed by atoms with Gasteiger partial charge < -0.3 is 15.3 Å². The number of rotatable bonds is 8. The van der Waals surface area contributed by atoms with Gasteiger partial charge in [-0.1, -0.05) is 36.4 Å². The Labute approximate surface area is 164 Å². The van der Waals surface area contributed by atoms with Crippen molar-refractivity contribution in [3.8, 4) is 0 Å². The molecule has 0 bridgehead atoms. The van der Waals surface area contributed by atoms with Crippen LogP contribution in [0.4, 0.5) is 8.78 Å². The van der Waals surface area contributed by atoms with Crippen molar-refractivity contribution in [1.29, 1.82) is 0 Å². The van der Waals surface area contributed by atoms with Gasteiger partial charge in [-0.15, -0.1) is 0 Å². The van der Waals surface area contributed by atoms with E-state index in [0.29, 0.717) is 25.1 Å². The summed E-state index contributed by atoms with van der Waals surface area (Å²) < 4.78 is 26.3. The smallest absolute Gasteiger partial charge is 0.255 e. The lowest BCUT2D eigenvalue weighted by Gasteiger charge is -2.38. The molecule has 0 spiro atoms. The molecule has 0 unspecified atom stereocenters. The van der Waals surface area contributed by atoms with Crippen LogP contribution >= 0.6 is 0 Å². The Kier molecular flexibility index (Phi) is 6.75. The maximum Gasteiger partial charge on any atom is 0.255 e. The van der Waals surface area contributed by atoms with Gasteiger partial charge in [0.05, 0.1) is 0 Å². The molecule has 4 nitrogen and oxygen atoms in total. The van der Waals surface area contributed by atoms with Gasteiger partial charge in [0.15, 0.2) is 17.2 Å². The number of hydrogen-bond acceptors (Lipinski definition) is 3. The largest absolute Gasteiger partial charge is 0.379 e. The second-order valence-corrected chi connectivity index (χ2v) is 7.37. The number of hydrogen-bond donors (Lipinski definition) is 2. The van der Waals surface area contributed by atoms with Gasteiger partial charge in [0, 0.05) is 26.2 Å². The zero-order chi connectivity index (χ0) is 20.0. The lowest BCUT2D eigenvalue weighted by atomic mass is 9.91. The highest BCUT2D eigenvalue weighted by molar-refractivity contribution is 5.86. The van der Waals surface area contributed by atoms with Crippen LogP contribution in [0, 0.1) is 11.6 Å². The number of aryl methyl sites for hydroxylation is 1. The molecule has 28 heavy (non-hydrogen) atoms. The van der Waals surface area contributed by atoms with Gasteiger partial charge in [0.2, 0.25) is 0 Å². The lowest BCUT2D eigenvalue weighted by Crippen LogP contribution is -2.58. The number of nitrogens with one attached hydrogen (secondary N) is 1. The second-order valence-electron chi connectivity index (χ2n) is 7.37. The standard InChI is InChI=1S/C22H26F2N2O2/c23-19-10-9-18(14-20(19)24)15-25-16-22(28)11-5-13-26(21(22)27)12-4-8-17-6-2-1-3-7-17/h1-3,6-7,9-10,14,25,28H,4-5,8,11-13,15-16H2/t22-/m0/s1. The first-order valence-corrected chi connectivity index (χ1v) is 9.68. The summed E-state index contributed by atoms with van der Waals surface area (Å²) in [6.07, 6.45) is 2.86. The van der Waals surface area contributed by atoms with Crippen LogP contribution in [0.15, 0.2) is 48.5 Å². The van der Waals surface area contributed by atoms with E-state index >= 15 is 0 Å². The van der Waals surface area contributed by atoms with Crippen LogP contribution in [-0.2, 0) is 17.8 Å². The van der Waals surface area contributed by atoms with Gasteiger partial charge in [-0.3, -0.25) is 4.79 Å². The summed E-state index contributed by atoms with van der Waals surface area (Å²) in [5.74, 6) is -2.06. The van der Waals surface area contributed by atoms with Gasteiger partial charge in [-0.05, 0) is 48.9 Å². The molecule has 1 aliphatic rings. The summed E-state index contributed by atoms with van der Waals surface area (Å²) in [6.45, 7) is 1.60. The summed E-state index contributed by atoms with van der Waals surface area (Å²) in [5.41, 5.74) is 0.338. The molecule has 0 radical (unpaired) electrons. The molecule has 6 heteroatoms. The van der Waals surface area contributed by atoms with E-state index in [0.717, 1.165) is 31.4 Å². The third-order valence-corrected chi connectivity index (χ3v) is 5.17. The molecule has 1 amide bonds. The van der Waals surface area contributed by atoms with E-state index in [9.17, 15) is 18.7 Å². The molecule has 0 saturated carbocycles. The van der Waals surface area contributed by atoms with E-state index in [-0.39, 0.29) is 19.0 Å². The molecule has 2 N–H and O–H groups in total. The van der Waals surface area contributed by atoms with Crippen LogP contribution in [0.5, 0.6) is 0 Å². The highest BCUT2D eigenvalue weighted by Crippen LogP contribution is 2.23. The fourth-order valence-corrected chi connectivity index (χ4v) is 3.62. The van der Waals surface area contributed by atoms with Crippen LogP contribution in [0.2, 0.25) is 0 Å². The Morgan fingerprint density at radius 3 is 2.61 bits per heavy atom. The first kappa shape index (κ1) is 20.4. The predicted octanol–water partition coefficient (Wildman–Crippen LogP) is 3.04. The normalized spacial score (nSPS) is 19.8. The average molecular weight is 388 g/mol. The zero-order valence-corrected chi connectivity index (χ0v) is 15.8. The SMILES string of the molecule is O=C1N(CCCc2ccccc2)CCC[C@]1(O)CNCc1ccc(F)c(F)c1. The maximum absolute atomic E-state index is 13.3. The van der Waals surface area contributed by atoms with Gasteiger partial charge in [0.25, 0.3) is 5.91 Å². The van der Waals surface area contributed by atoms with Crippen LogP contribution in [0.1, 0.15) is 30.4 Å². The molecule has 0 aliphatic carbocycles. The molecule has 150 valence electrons. The molecule has 1 fully saturated rings. The summed E-state index contributed by atoms with van der Waals surface area (Å²) in [7, 11) is 0. The minimum absolute atomic E-state index is 0.0833. The molecule has 1 saturated heterocycles. The Morgan fingerprint density at radius 1 is 1.07 bits per heavy atom. The fourth-order valence-electron chi connectivity index (χ4n) is 3.62. The Bertz CT molecular complexity index is 800. The third kappa shape index (κ3) is 5.14. The highest BCUT2D eigenvalue weighted by Gasteiger charge is 2.41. The number of amides is 1. The van der Waals surface area contributed by atoms with E-state index in [4.69, 9.17) is 0 Å². The average Bonchev–Trinajstić information content (AvgIpc) is 2.69. The number of likely N-dealkylation sites (tertiary alicyclic amines) is 1. The van der Waals surface area contributed by atoms with Gasteiger partial charge in [-0.25, -0.2) is 8.78 Å². The van der Waals surface area contributed by atoms with Crippen molar-refractivity contribution in [2.75, 3.05) is 19.6 Å².